The molecule has 1 amide bonds. The lowest BCUT2D eigenvalue weighted by atomic mass is 10.1. The number of carbonyl (C=O) groups excluding carboxylic acids is 1. The van der Waals surface area contributed by atoms with Crippen LogP contribution in [-0.2, 0) is 0 Å². The molecular weight excluding hydrogens is 424 g/mol. The predicted octanol–water partition coefficient (Wildman–Crippen LogP) is 7.07. The Bertz CT molecular complexity index is 1220. The van der Waals surface area contributed by atoms with Gasteiger partial charge in [-0.2, -0.15) is 5.10 Å². The number of amides is 1. The Labute approximate surface area is 190 Å². The molecular formula is C26H19ClN2OS. The Hall–Kier alpha value is -3.47. The number of hydrazone groups is 1. The standard InChI is InChI=1S/C26H19ClN2OS/c27-24-22-13-7-8-14-23(22)31-25(24)26(30)29-28-21(17-15-19-9-3-1-4-10-19)18-16-20-11-5-2-6-12-20/h1-18H,(H,29,30). The largest absolute Gasteiger partial charge is 0.283 e. The summed E-state index contributed by atoms with van der Waals surface area (Å²) in [5.74, 6) is -0.329. The van der Waals surface area contributed by atoms with Crippen molar-refractivity contribution in [1.82, 2.24) is 5.43 Å². The van der Waals surface area contributed by atoms with Gasteiger partial charge in [-0.3, -0.25) is 4.79 Å². The van der Waals surface area contributed by atoms with Gasteiger partial charge in [0.1, 0.15) is 4.88 Å². The molecule has 0 saturated heterocycles. The van der Waals surface area contributed by atoms with Gasteiger partial charge in [-0.1, -0.05) is 103 Å². The zero-order chi connectivity index (χ0) is 21.5. The van der Waals surface area contributed by atoms with Gasteiger partial charge in [0.05, 0.1) is 10.7 Å². The van der Waals surface area contributed by atoms with Crippen molar-refractivity contribution in [2.45, 2.75) is 0 Å². The number of hydrogen-bond donors (Lipinski definition) is 1. The van der Waals surface area contributed by atoms with Gasteiger partial charge in [0.15, 0.2) is 0 Å². The fraction of sp³-hybridized carbons (Fsp3) is 0. The summed E-state index contributed by atoms with van der Waals surface area (Å²) in [5, 5.41) is 5.66. The van der Waals surface area contributed by atoms with Crippen LogP contribution in [0.4, 0.5) is 0 Å². The molecule has 0 radical (unpaired) electrons. The Morgan fingerprint density at radius 1 is 0.806 bits per heavy atom. The van der Waals surface area contributed by atoms with Crippen molar-refractivity contribution in [1.29, 1.82) is 0 Å². The monoisotopic (exact) mass is 442 g/mol. The van der Waals surface area contributed by atoms with Crippen LogP contribution in [-0.4, -0.2) is 11.6 Å². The second kappa shape index (κ2) is 10.0. The molecule has 0 fully saturated rings. The molecule has 1 aromatic heterocycles. The molecule has 0 saturated carbocycles. The van der Waals surface area contributed by atoms with E-state index in [0.29, 0.717) is 15.6 Å². The third kappa shape index (κ3) is 5.37. The van der Waals surface area contributed by atoms with E-state index in [9.17, 15) is 4.79 Å². The van der Waals surface area contributed by atoms with E-state index in [2.05, 4.69) is 10.5 Å². The second-order valence-electron chi connectivity index (χ2n) is 6.71. The van der Waals surface area contributed by atoms with Crippen molar-refractivity contribution < 1.29 is 4.79 Å². The first-order valence-electron chi connectivity index (χ1n) is 9.72. The van der Waals surface area contributed by atoms with E-state index in [1.54, 1.807) is 0 Å². The zero-order valence-electron chi connectivity index (χ0n) is 16.5. The summed E-state index contributed by atoms with van der Waals surface area (Å²) in [4.78, 5) is 13.2. The van der Waals surface area contributed by atoms with Crippen LogP contribution in [0.5, 0.6) is 0 Å². The summed E-state index contributed by atoms with van der Waals surface area (Å²) in [5.41, 5.74) is 5.34. The van der Waals surface area contributed by atoms with Crippen LogP contribution in [0.1, 0.15) is 20.8 Å². The first-order chi connectivity index (χ1) is 15.2. The van der Waals surface area contributed by atoms with Gasteiger partial charge in [0.25, 0.3) is 5.91 Å². The first kappa shape index (κ1) is 20.8. The number of nitrogens with one attached hydrogen (secondary N) is 1. The minimum absolute atomic E-state index is 0.329. The summed E-state index contributed by atoms with van der Waals surface area (Å²) in [6.45, 7) is 0. The molecule has 0 aliphatic rings. The van der Waals surface area contributed by atoms with Crippen LogP contribution < -0.4 is 5.43 Å². The maximum Gasteiger partial charge on any atom is 0.283 e. The maximum atomic E-state index is 12.7. The molecule has 0 atom stereocenters. The Morgan fingerprint density at radius 2 is 1.35 bits per heavy atom. The van der Waals surface area contributed by atoms with Crippen LogP contribution in [0.2, 0.25) is 5.02 Å². The molecule has 5 heteroatoms. The van der Waals surface area contributed by atoms with E-state index in [0.717, 1.165) is 21.2 Å². The molecule has 152 valence electrons. The van der Waals surface area contributed by atoms with E-state index in [1.165, 1.54) is 11.3 Å². The van der Waals surface area contributed by atoms with Crippen molar-refractivity contribution in [2.24, 2.45) is 5.10 Å². The van der Waals surface area contributed by atoms with E-state index in [4.69, 9.17) is 11.6 Å². The summed E-state index contributed by atoms with van der Waals surface area (Å²) in [6, 6.07) is 27.5. The zero-order valence-corrected chi connectivity index (χ0v) is 18.1. The van der Waals surface area contributed by atoms with E-state index in [1.807, 2.05) is 109 Å². The predicted molar refractivity (Wildman–Crippen MR) is 133 cm³/mol. The number of fused-ring (bicyclic) bond motifs is 1. The minimum Gasteiger partial charge on any atom is -0.266 e. The average Bonchev–Trinajstić information content (AvgIpc) is 3.16. The van der Waals surface area contributed by atoms with Gasteiger partial charge in [0.2, 0.25) is 0 Å². The Morgan fingerprint density at radius 3 is 1.94 bits per heavy atom. The highest BCUT2D eigenvalue weighted by Gasteiger charge is 2.16. The van der Waals surface area contributed by atoms with E-state index in [-0.39, 0.29) is 5.91 Å². The van der Waals surface area contributed by atoms with Crippen molar-refractivity contribution in [2.75, 3.05) is 0 Å². The quantitative estimate of drug-likeness (QED) is 0.252. The van der Waals surface area contributed by atoms with Crippen LogP contribution in [0.3, 0.4) is 0 Å². The molecule has 4 rings (SSSR count). The summed E-state index contributed by atoms with van der Waals surface area (Å²) < 4.78 is 0.967. The molecule has 0 aliphatic heterocycles. The summed E-state index contributed by atoms with van der Waals surface area (Å²) in [6.07, 6.45) is 7.63. The third-order valence-corrected chi connectivity index (χ3v) is 6.19. The van der Waals surface area contributed by atoms with Crippen molar-refractivity contribution in [3.63, 3.8) is 0 Å². The number of allylic oxidation sites excluding steroid dienone is 2. The Kier molecular flexibility index (Phi) is 6.72. The fourth-order valence-corrected chi connectivity index (χ4v) is 4.35. The third-order valence-electron chi connectivity index (χ3n) is 4.52. The minimum atomic E-state index is -0.329. The lowest BCUT2D eigenvalue weighted by molar-refractivity contribution is 0.0959. The van der Waals surface area contributed by atoms with Crippen LogP contribution in [0.25, 0.3) is 22.2 Å². The van der Waals surface area contributed by atoms with E-state index >= 15 is 0 Å². The maximum absolute atomic E-state index is 12.7. The normalized spacial score (nSPS) is 11.3. The second-order valence-corrected chi connectivity index (χ2v) is 8.14. The molecule has 0 spiro atoms. The van der Waals surface area contributed by atoms with Gasteiger partial charge < -0.3 is 0 Å². The van der Waals surface area contributed by atoms with Gasteiger partial charge in [0, 0.05) is 10.1 Å². The number of rotatable bonds is 6. The summed E-state index contributed by atoms with van der Waals surface area (Å²) in [7, 11) is 0. The molecule has 1 N–H and O–H groups in total. The lowest BCUT2D eigenvalue weighted by Crippen LogP contribution is -2.18. The number of halogens is 1. The highest BCUT2D eigenvalue weighted by atomic mass is 35.5. The number of thiophene rings is 1. The summed E-state index contributed by atoms with van der Waals surface area (Å²) >= 11 is 7.78. The topological polar surface area (TPSA) is 41.5 Å². The van der Waals surface area contributed by atoms with Crippen molar-refractivity contribution in [3.8, 4) is 0 Å². The Balaban J connectivity index is 1.58. The van der Waals surface area contributed by atoms with Gasteiger partial charge >= 0.3 is 0 Å². The smallest absolute Gasteiger partial charge is 0.266 e. The number of benzene rings is 3. The molecule has 3 aromatic carbocycles. The van der Waals surface area contributed by atoms with Crippen LogP contribution in [0.15, 0.2) is 102 Å². The highest BCUT2D eigenvalue weighted by Crippen LogP contribution is 2.34. The van der Waals surface area contributed by atoms with Gasteiger partial charge in [-0.05, 0) is 29.3 Å². The van der Waals surface area contributed by atoms with Crippen molar-refractivity contribution >= 4 is 56.8 Å². The molecule has 4 aromatic rings. The molecule has 0 unspecified atom stereocenters. The fourth-order valence-electron chi connectivity index (χ4n) is 2.95. The van der Waals surface area contributed by atoms with Gasteiger partial charge in [-0.25, -0.2) is 5.43 Å². The van der Waals surface area contributed by atoms with E-state index < -0.39 is 0 Å². The molecule has 31 heavy (non-hydrogen) atoms. The molecule has 0 bridgehead atoms. The molecule has 3 nitrogen and oxygen atoms in total. The number of nitrogens with zero attached hydrogens (tertiary/aromatic N) is 1. The molecule has 0 aliphatic carbocycles. The van der Waals surface area contributed by atoms with Crippen molar-refractivity contribution in [3.05, 3.63) is 118 Å². The van der Waals surface area contributed by atoms with Crippen LogP contribution >= 0.6 is 22.9 Å². The first-order valence-corrected chi connectivity index (χ1v) is 10.9. The average molecular weight is 443 g/mol. The van der Waals surface area contributed by atoms with Crippen LogP contribution in [0, 0.1) is 0 Å². The van der Waals surface area contributed by atoms with Gasteiger partial charge in [-0.15, -0.1) is 11.3 Å². The molecule has 1 heterocycles. The highest BCUT2D eigenvalue weighted by molar-refractivity contribution is 7.21. The lowest BCUT2D eigenvalue weighted by Gasteiger charge is -2.00. The SMILES string of the molecule is O=C(NN=C(C=Cc1ccccc1)C=Cc1ccccc1)c1sc2ccccc2c1Cl. The number of carbonyl (C=O) groups is 1. The number of hydrogen-bond acceptors (Lipinski definition) is 3.